The minimum absolute atomic E-state index is 0.110. The van der Waals surface area contributed by atoms with Gasteiger partial charge in [0.2, 0.25) is 0 Å². The molecule has 0 unspecified atom stereocenters. The predicted molar refractivity (Wildman–Crippen MR) is 111 cm³/mol. The molecule has 0 aliphatic heterocycles. The first-order valence-electron chi connectivity index (χ1n) is 8.43. The van der Waals surface area contributed by atoms with Crippen LogP contribution in [0.4, 0.5) is 23.7 Å². The fourth-order valence-corrected chi connectivity index (χ4v) is 2.64. The highest BCUT2D eigenvalue weighted by Crippen LogP contribution is 2.40. The monoisotopic (exact) mass is 509 g/mol. The summed E-state index contributed by atoms with van der Waals surface area (Å²) in [6.07, 6.45) is -3.51. The van der Waals surface area contributed by atoms with E-state index in [9.17, 15) is 22.5 Å². The molecule has 0 aliphatic rings. The van der Waals surface area contributed by atoms with Crippen LogP contribution < -0.4 is 25.7 Å². The summed E-state index contributed by atoms with van der Waals surface area (Å²) in [5.41, 5.74) is 7.51. The molecular formula is C16H15F3N5O7PS. The molecule has 6 N–H and O–H groups in total. The molecule has 2 rings (SSSR count). The number of hydrazone groups is 1. The molecule has 1 aromatic heterocycles. The Morgan fingerprint density at radius 3 is 2.70 bits per heavy atom. The van der Waals surface area contributed by atoms with Crippen molar-refractivity contribution in [3.63, 3.8) is 0 Å². The highest BCUT2D eigenvalue weighted by Gasteiger charge is 2.31. The van der Waals surface area contributed by atoms with Gasteiger partial charge in [0.1, 0.15) is 23.8 Å². The molecule has 0 radical (unpaired) electrons. The molecule has 0 spiro atoms. The molecular weight excluding hydrogens is 494 g/mol. The van der Waals surface area contributed by atoms with Crippen molar-refractivity contribution in [3.05, 3.63) is 47.8 Å². The number of rotatable bonds is 8. The Hall–Kier alpha value is -3.46. The van der Waals surface area contributed by atoms with Crippen molar-refractivity contribution in [2.45, 2.75) is 13.0 Å². The maximum Gasteiger partial charge on any atom is 0.573 e. The van der Waals surface area contributed by atoms with Crippen molar-refractivity contribution >= 4 is 43.1 Å². The van der Waals surface area contributed by atoms with Crippen LogP contribution in [0.15, 0.2) is 41.6 Å². The number of nitrogens with one attached hydrogen (secondary N) is 2. The van der Waals surface area contributed by atoms with E-state index in [1.54, 1.807) is 0 Å². The first-order chi connectivity index (χ1) is 15.3. The van der Waals surface area contributed by atoms with Crippen molar-refractivity contribution in [2.75, 3.05) is 5.32 Å². The largest absolute Gasteiger partial charge is 0.573 e. The van der Waals surface area contributed by atoms with Gasteiger partial charge in [0, 0.05) is 11.8 Å². The lowest BCUT2D eigenvalue weighted by Gasteiger charge is -2.15. The summed E-state index contributed by atoms with van der Waals surface area (Å²) in [7, 11) is -5.06. The van der Waals surface area contributed by atoms with Gasteiger partial charge in [-0.2, -0.15) is 5.10 Å². The zero-order chi connectivity index (χ0) is 24.6. The number of anilines is 1. The van der Waals surface area contributed by atoms with Gasteiger partial charge in [-0.05, 0) is 42.5 Å². The summed E-state index contributed by atoms with van der Waals surface area (Å²) < 4.78 is 61.6. The van der Waals surface area contributed by atoms with Crippen LogP contribution in [0.25, 0.3) is 0 Å². The maximum atomic E-state index is 12.5. The summed E-state index contributed by atoms with van der Waals surface area (Å²) in [5.74, 6) is -1.25. The number of pyridine rings is 1. The number of nitrogens with two attached hydrogens (primary N) is 1. The highest BCUT2D eigenvalue weighted by molar-refractivity contribution is 7.80. The number of phosphoric acid groups is 1. The maximum absolute atomic E-state index is 12.5. The third kappa shape index (κ3) is 9.69. The van der Waals surface area contributed by atoms with Crippen molar-refractivity contribution in [1.82, 2.24) is 10.4 Å². The van der Waals surface area contributed by atoms with Gasteiger partial charge in [-0.15, -0.1) is 13.2 Å². The topological polar surface area (TPSA) is 178 Å². The van der Waals surface area contributed by atoms with E-state index in [2.05, 4.69) is 42.3 Å². The molecule has 0 saturated carbocycles. The predicted octanol–water partition coefficient (Wildman–Crippen LogP) is 2.37. The number of alkyl halides is 3. The second kappa shape index (κ2) is 10.9. The Labute approximate surface area is 188 Å². The molecule has 33 heavy (non-hydrogen) atoms. The Morgan fingerprint density at radius 2 is 2.06 bits per heavy atom. The molecule has 0 saturated heterocycles. The number of phosphoric ester groups is 1. The molecule has 12 nitrogen and oxygen atoms in total. The fraction of sp³-hybridized carbons (Fsp3) is 0.125. The lowest BCUT2D eigenvalue weighted by Crippen LogP contribution is -2.24. The molecule has 0 atom stereocenters. The highest BCUT2D eigenvalue weighted by atomic mass is 32.1. The van der Waals surface area contributed by atoms with Gasteiger partial charge in [-0.25, -0.2) is 9.36 Å². The van der Waals surface area contributed by atoms with Crippen molar-refractivity contribution < 1.29 is 46.3 Å². The first-order valence-corrected chi connectivity index (χ1v) is 10.4. The van der Waals surface area contributed by atoms with Crippen molar-refractivity contribution in [2.24, 2.45) is 10.8 Å². The van der Waals surface area contributed by atoms with Crippen LogP contribution >= 0.6 is 20.0 Å². The summed E-state index contributed by atoms with van der Waals surface area (Å²) in [6.45, 7) is -0.733. The third-order valence-electron chi connectivity index (χ3n) is 3.28. The lowest BCUT2D eigenvalue weighted by atomic mass is 10.2. The number of carbonyl (C=O) groups is 1. The second-order valence-electron chi connectivity index (χ2n) is 5.77. The Morgan fingerprint density at radius 1 is 1.33 bits per heavy atom. The van der Waals surface area contributed by atoms with Gasteiger partial charge in [0.05, 0.1) is 11.9 Å². The van der Waals surface area contributed by atoms with Gasteiger partial charge in [-0.3, -0.25) is 25.5 Å². The summed E-state index contributed by atoms with van der Waals surface area (Å²) in [5, 5.41) is 5.91. The molecule has 0 fully saturated rings. The molecule has 1 amide bonds. The van der Waals surface area contributed by atoms with Gasteiger partial charge in [0.15, 0.2) is 5.11 Å². The number of hydrogen-bond acceptors (Lipinski definition) is 8. The van der Waals surface area contributed by atoms with Crippen LogP contribution in [-0.4, -0.2) is 38.6 Å². The standard InChI is InChI=1S/C16H15F3N5O7PS/c17-16(18,19)30-10-3-4-13(31-32(26,27)28)9(6-10)8-29-15(25)23-11-2-1-5-21-12(11)7-22-24-14(20)33/h1-7H,8H2,(H,23,25)(H3,20,24,33)(H2,26,27,28). The van der Waals surface area contributed by atoms with E-state index in [-0.39, 0.29) is 22.1 Å². The van der Waals surface area contributed by atoms with Crippen molar-refractivity contribution in [1.29, 1.82) is 0 Å². The van der Waals surface area contributed by atoms with Gasteiger partial charge >= 0.3 is 20.3 Å². The SMILES string of the molecule is NC(=S)NN=Cc1ncccc1NC(=O)OCc1cc(OC(F)(F)F)ccc1OP(=O)(O)O. The lowest BCUT2D eigenvalue weighted by molar-refractivity contribution is -0.274. The van der Waals surface area contributed by atoms with E-state index in [0.717, 1.165) is 18.2 Å². The van der Waals surface area contributed by atoms with Crippen LogP contribution in [0.1, 0.15) is 11.3 Å². The fourth-order valence-electron chi connectivity index (χ4n) is 2.16. The number of ether oxygens (including phenoxy) is 2. The van der Waals surface area contributed by atoms with Gasteiger partial charge in [0.25, 0.3) is 0 Å². The molecule has 0 bridgehead atoms. The van der Waals surface area contributed by atoms with Crippen LogP contribution in [0.3, 0.4) is 0 Å². The Kier molecular flexibility index (Phi) is 8.53. The van der Waals surface area contributed by atoms with Crippen LogP contribution in [0.2, 0.25) is 0 Å². The number of nitrogens with zero attached hydrogens (tertiary/aromatic N) is 2. The third-order valence-corrected chi connectivity index (χ3v) is 3.80. The average Bonchev–Trinajstić information content (AvgIpc) is 2.67. The van der Waals surface area contributed by atoms with E-state index in [1.165, 1.54) is 24.5 Å². The number of thiocarbonyl (C=S) groups is 1. The van der Waals surface area contributed by atoms with Gasteiger partial charge < -0.3 is 19.7 Å². The van der Waals surface area contributed by atoms with E-state index in [4.69, 9.17) is 20.3 Å². The summed E-state index contributed by atoms with van der Waals surface area (Å²) in [6, 6.07) is 5.26. The minimum atomic E-state index is -5.06. The summed E-state index contributed by atoms with van der Waals surface area (Å²) >= 11 is 4.59. The molecule has 1 heterocycles. The van der Waals surface area contributed by atoms with Crippen LogP contribution in [-0.2, 0) is 15.9 Å². The normalized spacial score (nSPS) is 11.7. The number of aromatic nitrogens is 1. The van der Waals surface area contributed by atoms with Crippen LogP contribution in [0.5, 0.6) is 11.5 Å². The zero-order valence-electron chi connectivity index (χ0n) is 16.1. The Balaban J connectivity index is 2.15. The molecule has 0 aliphatic carbocycles. The molecule has 1 aromatic carbocycles. The van der Waals surface area contributed by atoms with E-state index < -0.39 is 38.4 Å². The molecule has 2 aromatic rings. The van der Waals surface area contributed by atoms with E-state index in [1.807, 2.05) is 0 Å². The second-order valence-corrected chi connectivity index (χ2v) is 7.37. The Bertz CT molecular complexity index is 1100. The smallest absolute Gasteiger partial charge is 0.444 e. The average molecular weight is 509 g/mol. The first kappa shape index (κ1) is 25.8. The number of halogens is 3. The van der Waals surface area contributed by atoms with E-state index in [0.29, 0.717) is 0 Å². The van der Waals surface area contributed by atoms with Gasteiger partial charge in [-0.1, -0.05) is 0 Å². The zero-order valence-corrected chi connectivity index (χ0v) is 17.9. The quantitative estimate of drug-likeness (QED) is 0.153. The minimum Gasteiger partial charge on any atom is -0.444 e. The number of amides is 1. The summed E-state index contributed by atoms with van der Waals surface area (Å²) in [4.78, 5) is 34.1. The van der Waals surface area contributed by atoms with E-state index >= 15 is 0 Å². The number of benzene rings is 1. The van der Waals surface area contributed by atoms with Crippen LogP contribution in [0, 0.1) is 0 Å². The molecule has 17 heteroatoms. The van der Waals surface area contributed by atoms with Crippen molar-refractivity contribution in [3.8, 4) is 11.5 Å². The number of carbonyl (C=O) groups excluding carboxylic acids is 1. The number of hydrogen-bond donors (Lipinski definition) is 5. The molecule has 178 valence electrons.